The number of allylic oxidation sites excluding steroid dienone is 2. The van der Waals surface area contributed by atoms with Gasteiger partial charge in [0.05, 0.1) is 18.4 Å². The van der Waals surface area contributed by atoms with Crippen molar-refractivity contribution in [2.45, 2.75) is 6.42 Å². The molecule has 84 valence electrons. The number of hydrogen-bond acceptors (Lipinski definition) is 2. The highest BCUT2D eigenvalue weighted by atomic mass is 16.4. The molecule has 1 saturated carbocycles. The van der Waals surface area contributed by atoms with Crippen molar-refractivity contribution in [2.24, 2.45) is 23.7 Å². The summed E-state index contributed by atoms with van der Waals surface area (Å²) < 4.78 is 0. The van der Waals surface area contributed by atoms with Gasteiger partial charge in [-0.1, -0.05) is 18.1 Å². The SMILES string of the molecule is C#CCNC(=O)[C@H]1C2C=CC(C2)[C@H]1C(=O)O. The highest BCUT2D eigenvalue weighted by Crippen LogP contribution is 2.48. The highest BCUT2D eigenvalue weighted by molar-refractivity contribution is 5.86. The molecular weight excluding hydrogens is 206 g/mol. The fraction of sp³-hybridized carbons (Fsp3) is 0.500. The zero-order chi connectivity index (χ0) is 11.7. The van der Waals surface area contributed by atoms with Gasteiger partial charge in [0.25, 0.3) is 0 Å². The van der Waals surface area contributed by atoms with Crippen LogP contribution in [0.4, 0.5) is 0 Å². The maximum absolute atomic E-state index is 11.8. The predicted octanol–water partition coefficient (Wildman–Crippen LogP) is 0.259. The molecule has 0 radical (unpaired) electrons. The summed E-state index contributed by atoms with van der Waals surface area (Å²) in [6.07, 6.45) is 9.68. The van der Waals surface area contributed by atoms with Gasteiger partial charge in [0.15, 0.2) is 0 Å². The lowest BCUT2D eigenvalue weighted by atomic mass is 9.82. The normalized spacial score (nSPS) is 34.7. The van der Waals surface area contributed by atoms with E-state index in [1.165, 1.54) is 0 Å². The van der Waals surface area contributed by atoms with Crippen LogP contribution < -0.4 is 5.32 Å². The minimum atomic E-state index is -0.891. The highest BCUT2D eigenvalue weighted by Gasteiger charge is 2.51. The maximum atomic E-state index is 11.8. The Bertz CT molecular complexity index is 394. The third-order valence-electron chi connectivity index (χ3n) is 3.41. The molecule has 0 saturated heterocycles. The Kier molecular flexibility index (Phi) is 2.69. The molecule has 0 aromatic rings. The Morgan fingerprint density at radius 2 is 2.00 bits per heavy atom. The van der Waals surface area contributed by atoms with Crippen molar-refractivity contribution < 1.29 is 14.7 Å². The Balaban J connectivity index is 2.14. The van der Waals surface area contributed by atoms with Crippen molar-refractivity contribution in [1.29, 1.82) is 0 Å². The average molecular weight is 219 g/mol. The van der Waals surface area contributed by atoms with E-state index in [9.17, 15) is 9.59 Å². The zero-order valence-corrected chi connectivity index (χ0v) is 8.72. The summed E-state index contributed by atoms with van der Waals surface area (Å²) in [7, 11) is 0. The standard InChI is InChI=1S/C12H13NO3/c1-2-5-13-11(14)9-7-3-4-8(6-7)10(9)12(15)16/h1,3-4,7-10H,5-6H2,(H,13,14)(H,15,16)/t7?,8?,9-,10+/m0/s1. The molecule has 2 unspecified atom stereocenters. The van der Waals surface area contributed by atoms with Gasteiger partial charge in [0.2, 0.25) is 5.91 Å². The summed E-state index contributed by atoms with van der Waals surface area (Å²) in [6, 6.07) is 0. The molecule has 0 aliphatic heterocycles. The van der Waals surface area contributed by atoms with E-state index in [-0.39, 0.29) is 24.3 Å². The van der Waals surface area contributed by atoms with E-state index in [0.717, 1.165) is 6.42 Å². The minimum absolute atomic E-state index is 0.00378. The van der Waals surface area contributed by atoms with Gasteiger partial charge < -0.3 is 10.4 Å². The topological polar surface area (TPSA) is 66.4 Å². The van der Waals surface area contributed by atoms with Crippen LogP contribution in [0.25, 0.3) is 0 Å². The molecule has 4 heteroatoms. The van der Waals surface area contributed by atoms with Crippen LogP contribution in [0.15, 0.2) is 12.2 Å². The van der Waals surface area contributed by atoms with Crippen LogP contribution in [0.5, 0.6) is 0 Å². The fourth-order valence-corrected chi connectivity index (χ4v) is 2.77. The molecule has 2 bridgehead atoms. The Morgan fingerprint density at radius 3 is 2.56 bits per heavy atom. The van der Waals surface area contributed by atoms with Gasteiger partial charge in [0, 0.05) is 0 Å². The summed E-state index contributed by atoms with van der Waals surface area (Å²) in [5.74, 6) is 0.203. The molecule has 1 amide bonds. The molecule has 0 heterocycles. The maximum Gasteiger partial charge on any atom is 0.307 e. The molecule has 0 aromatic carbocycles. The number of carboxylic acids is 1. The van der Waals surface area contributed by atoms with Crippen LogP contribution in [0, 0.1) is 36.0 Å². The van der Waals surface area contributed by atoms with E-state index < -0.39 is 17.8 Å². The lowest BCUT2D eigenvalue weighted by Crippen LogP contribution is -2.40. The number of nitrogens with one attached hydrogen (secondary N) is 1. The van der Waals surface area contributed by atoms with E-state index in [1.54, 1.807) is 0 Å². The number of hydrogen-bond donors (Lipinski definition) is 2. The smallest absolute Gasteiger partial charge is 0.307 e. The van der Waals surface area contributed by atoms with Crippen LogP contribution >= 0.6 is 0 Å². The average Bonchev–Trinajstić information content (AvgIpc) is 2.84. The minimum Gasteiger partial charge on any atom is -0.481 e. The summed E-state index contributed by atoms with van der Waals surface area (Å²) in [4.78, 5) is 22.9. The van der Waals surface area contributed by atoms with Crippen LogP contribution in [-0.2, 0) is 9.59 Å². The van der Waals surface area contributed by atoms with Crippen LogP contribution in [-0.4, -0.2) is 23.5 Å². The lowest BCUT2D eigenvalue weighted by Gasteiger charge is -2.23. The van der Waals surface area contributed by atoms with E-state index in [1.807, 2.05) is 12.2 Å². The molecule has 2 rings (SSSR count). The molecule has 16 heavy (non-hydrogen) atoms. The molecular formula is C12H13NO3. The van der Waals surface area contributed by atoms with Gasteiger partial charge in [-0.05, 0) is 18.3 Å². The van der Waals surface area contributed by atoms with Crippen molar-refractivity contribution in [2.75, 3.05) is 6.54 Å². The molecule has 1 fully saturated rings. The number of rotatable bonds is 3. The van der Waals surface area contributed by atoms with E-state index in [0.29, 0.717) is 0 Å². The van der Waals surface area contributed by atoms with Crippen molar-refractivity contribution >= 4 is 11.9 Å². The number of carboxylic acid groups (broad SMARTS) is 1. The first-order valence-corrected chi connectivity index (χ1v) is 5.27. The van der Waals surface area contributed by atoms with Gasteiger partial charge in [-0.15, -0.1) is 6.42 Å². The van der Waals surface area contributed by atoms with Crippen molar-refractivity contribution in [1.82, 2.24) is 5.32 Å². The number of amides is 1. The lowest BCUT2D eigenvalue weighted by molar-refractivity contribution is -0.147. The van der Waals surface area contributed by atoms with Crippen molar-refractivity contribution in [3.8, 4) is 12.3 Å². The number of carbonyl (C=O) groups is 2. The molecule has 2 aliphatic carbocycles. The second-order valence-electron chi connectivity index (χ2n) is 4.26. The summed E-state index contributed by atoms with van der Waals surface area (Å²) in [5.41, 5.74) is 0. The molecule has 4 nitrogen and oxygen atoms in total. The zero-order valence-electron chi connectivity index (χ0n) is 8.72. The number of terminal acetylenes is 1. The molecule has 4 atom stereocenters. The summed E-state index contributed by atoms with van der Waals surface area (Å²) >= 11 is 0. The van der Waals surface area contributed by atoms with Crippen LogP contribution in [0.2, 0.25) is 0 Å². The first-order chi connectivity index (χ1) is 7.65. The Morgan fingerprint density at radius 1 is 1.38 bits per heavy atom. The van der Waals surface area contributed by atoms with E-state index in [2.05, 4.69) is 11.2 Å². The number of aliphatic carboxylic acids is 1. The van der Waals surface area contributed by atoms with Crippen LogP contribution in [0.1, 0.15) is 6.42 Å². The summed E-state index contributed by atoms with van der Waals surface area (Å²) in [5, 5.41) is 11.7. The Labute approximate surface area is 93.7 Å². The molecule has 0 spiro atoms. The van der Waals surface area contributed by atoms with E-state index in [4.69, 9.17) is 11.5 Å². The molecule has 2 N–H and O–H groups in total. The quantitative estimate of drug-likeness (QED) is 0.528. The van der Waals surface area contributed by atoms with Gasteiger partial charge in [-0.3, -0.25) is 9.59 Å². The number of carbonyl (C=O) groups excluding carboxylic acids is 1. The largest absolute Gasteiger partial charge is 0.481 e. The Hall–Kier alpha value is -1.76. The summed E-state index contributed by atoms with van der Waals surface area (Å²) in [6.45, 7) is 0.156. The fourth-order valence-electron chi connectivity index (χ4n) is 2.77. The van der Waals surface area contributed by atoms with E-state index >= 15 is 0 Å². The predicted molar refractivity (Wildman–Crippen MR) is 57.2 cm³/mol. The third-order valence-corrected chi connectivity index (χ3v) is 3.41. The van der Waals surface area contributed by atoms with Gasteiger partial charge in [0.1, 0.15) is 0 Å². The van der Waals surface area contributed by atoms with Crippen LogP contribution in [0.3, 0.4) is 0 Å². The number of fused-ring (bicyclic) bond motifs is 2. The third kappa shape index (κ3) is 1.58. The second kappa shape index (κ2) is 4.01. The monoisotopic (exact) mass is 219 g/mol. The van der Waals surface area contributed by atoms with Gasteiger partial charge in [-0.2, -0.15) is 0 Å². The first-order valence-electron chi connectivity index (χ1n) is 5.27. The first kappa shape index (κ1) is 10.7. The van der Waals surface area contributed by atoms with Crippen molar-refractivity contribution in [3.05, 3.63) is 12.2 Å². The molecule has 0 aromatic heterocycles. The van der Waals surface area contributed by atoms with Gasteiger partial charge in [-0.25, -0.2) is 0 Å². The molecule has 2 aliphatic rings. The van der Waals surface area contributed by atoms with Gasteiger partial charge >= 0.3 is 5.97 Å². The second-order valence-corrected chi connectivity index (χ2v) is 4.26. The van der Waals surface area contributed by atoms with Crippen molar-refractivity contribution in [3.63, 3.8) is 0 Å².